The Morgan fingerprint density at radius 1 is 1.03 bits per heavy atom. The number of likely N-dealkylation sites (N-methyl/N-ethyl adjacent to an activating group) is 1. The summed E-state index contributed by atoms with van der Waals surface area (Å²) in [4.78, 5) is 32.3. The number of alkyl halides is 8. The molecule has 1 saturated heterocycles. The Labute approximate surface area is 176 Å². The summed E-state index contributed by atoms with van der Waals surface area (Å²) in [5.41, 5.74) is -1.28. The summed E-state index contributed by atoms with van der Waals surface area (Å²) in [5, 5.41) is 0. The summed E-state index contributed by atoms with van der Waals surface area (Å²) >= 11 is 0. The molecule has 2 amide bonds. The van der Waals surface area contributed by atoms with E-state index in [1.807, 2.05) is 0 Å². The summed E-state index contributed by atoms with van der Waals surface area (Å²) in [5.74, 6) is -6.77. The first kappa shape index (κ1) is 25.5. The summed E-state index contributed by atoms with van der Waals surface area (Å²) in [6, 6.07) is 1.27. The van der Waals surface area contributed by atoms with Crippen LogP contribution in [0.25, 0.3) is 0 Å². The van der Waals surface area contributed by atoms with Crippen LogP contribution in [-0.2, 0) is 15.5 Å². The van der Waals surface area contributed by atoms with Crippen molar-refractivity contribution in [2.24, 2.45) is 0 Å². The number of aromatic nitrogens is 2. The molecule has 180 valence electrons. The van der Waals surface area contributed by atoms with E-state index in [-0.39, 0.29) is 12.8 Å². The van der Waals surface area contributed by atoms with Crippen molar-refractivity contribution in [1.82, 2.24) is 19.8 Å². The average molecular weight is 478 g/mol. The van der Waals surface area contributed by atoms with Crippen molar-refractivity contribution in [1.29, 1.82) is 0 Å². The van der Waals surface area contributed by atoms with Gasteiger partial charge in [0, 0.05) is 38.1 Å². The fourth-order valence-corrected chi connectivity index (χ4v) is 3.01. The van der Waals surface area contributed by atoms with Crippen molar-refractivity contribution in [3.8, 4) is 0 Å². The maximum absolute atomic E-state index is 14.5. The first-order valence-electron chi connectivity index (χ1n) is 9.03. The molecule has 0 saturated carbocycles. The molecular weight excluding hydrogens is 460 g/mol. The van der Waals surface area contributed by atoms with Crippen molar-refractivity contribution in [3.05, 3.63) is 24.3 Å². The van der Waals surface area contributed by atoms with E-state index in [2.05, 4.69) is 14.7 Å². The van der Waals surface area contributed by atoms with E-state index in [9.17, 15) is 44.7 Å². The predicted octanol–water partition coefficient (Wildman–Crippen LogP) is 3.51. The zero-order chi connectivity index (χ0) is 24.5. The summed E-state index contributed by atoms with van der Waals surface area (Å²) in [6.07, 6.45) is -16.3. The van der Waals surface area contributed by atoms with Crippen molar-refractivity contribution >= 4 is 12.0 Å². The van der Waals surface area contributed by atoms with Crippen molar-refractivity contribution in [2.75, 3.05) is 20.1 Å². The van der Waals surface area contributed by atoms with Crippen LogP contribution in [0.3, 0.4) is 0 Å². The molecule has 1 fully saturated rings. The van der Waals surface area contributed by atoms with Gasteiger partial charge in [-0.2, -0.15) is 35.1 Å². The molecule has 32 heavy (non-hydrogen) atoms. The number of amides is 2. The molecule has 0 bridgehead atoms. The molecule has 0 atom stereocenters. The molecule has 1 aliphatic rings. The summed E-state index contributed by atoms with van der Waals surface area (Å²) in [7, 11) is 1.07. The average Bonchev–Trinajstić information content (AvgIpc) is 2.70. The molecule has 0 N–H and O–H groups in total. The van der Waals surface area contributed by atoms with E-state index in [1.54, 1.807) is 0 Å². The lowest BCUT2D eigenvalue weighted by Gasteiger charge is -2.45. The second-order valence-electron chi connectivity index (χ2n) is 7.34. The fourth-order valence-electron chi connectivity index (χ4n) is 3.01. The molecule has 7 nitrogen and oxygen atoms in total. The van der Waals surface area contributed by atoms with Crippen LogP contribution in [0.1, 0.15) is 25.6 Å². The van der Waals surface area contributed by atoms with Crippen LogP contribution in [0.2, 0.25) is 0 Å². The zero-order valence-corrected chi connectivity index (χ0v) is 16.7. The number of halogens is 8. The van der Waals surface area contributed by atoms with E-state index in [4.69, 9.17) is 0 Å². The lowest BCUT2D eigenvalue weighted by Crippen LogP contribution is -2.58. The Hall–Kier alpha value is -2.74. The zero-order valence-electron chi connectivity index (χ0n) is 16.7. The third kappa shape index (κ3) is 5.35. The first-order valence-corrected chi connectivity index (χ1v) is 9.03. The Bertz CT molecular complexity index is 809. The van der Waals surface area contributed by atoms with Gasteiger partial charge in [0.1, 0.15) is 0 Å². The molecule has 0 aliphatic carbocycles. The maximum atomic E-state index is 14.5. The number of hydrogen-bond donors (Lipinski definition) is 0. The molecule has 0 radical (unpaired) electrons. The normalized spacial score (nSPS) is 17.3. The van der Waals surface area contributed by atoms with Gasteiger partial charge in [-0.3, -0.25) is 4.79 Å². The SMILES string of the molecule is CN(C(=O)C(F)(F)c1ncccn1)C1(C)CCN(C(=O)OC(C(F)(F)F)C(F)(F)F)CC1. The minimum atomic E-state index is -5.87. The Morgan fingerprint density at radius 2 is 1.50 bits per heavy atom. The minimum Gasteiger partial charge on any atom is -0.426 e. The summed E-state index contributed by atoms with van der Waals surface area (Å²) < 4.78 is 108. The number of carbonyl (C=O) groups is 2. The van der Waals surface area contributed by atoms with Gasteiger partial charge in [-0.1, -0.05) is 0 Å². The third-order valence-electron chi connectivity index (χ3n) is 5.14. The molecule has 15 heteroatoms. The highest BCUT2D eigenvalue weighted by Gasteiger charge is 2.60. The molecule has 0 unspecified atom stereocenters. The highest BCUT2D eigenvalue weighted by atomic mass is 19.4. The van der Waals surface area contributed by atoms with Gasteiger partial charge in [-0.15, -0.1) is 0 Å². The van der Waals surface area contributed by atoms with E-state index in [0.717, 1.165) is 19.4 Å². The number of ether oxygens (including phenoxy) is 1. The number of nitrogens with zero attached hydrogens (tertiary/aromatic N) is 4. The van der Waals surface area contributed by atoms with Crippen LogP contribution in [0.15, 0.2) is 18.5 Å². The van der Waals surface area contributed by atoms with Crippen LogP contribution in [0.4, 0.5) is 39.9 Å². The van der Waals surface area contributed by atoms with E-state index in [1.165, 1.54) is 13.0 Å². The topological polar surface area (TPSA) is 75.6 Å². The van der Waals surface area contributed by atoms with E-state index in [0.29, 0.717) is 9.80 Å². The number of piperidine rings is 1. The largest absolute Gasteiger partial charge is 0.434 e. The minimum absolute atomic E-state index is 0.210. The molecular formula is C17H18F8N4O3. The Morgan fingerprint density at radius 3 is 1.94 bits per heavy atom. The Balaban J connectivity index is 2.06. The molecule has 2 rings (SSSR count). The predicted molar refractivity (Wildman–Crippen MR) is 90.3 cm³/mol. The third-order valence-corrected chi connectivity index (χ3v) is 5.14. The van der Waals surface area contributed by atoms with Gasteiger partial charge in [0.05, 0.1) is 0 Å². The standard InChI is InChI=1S/C17H18F8N4O3/c1-14(28(2)12(30)15(18,19)11-26-6-3-7-27-11)4-8-29(9-5-14)13(31)32-10(16(20,21)22)17(23,24)25/h3,6-7,10H,4-5,8-9H2,1-2H3. The summed E-state index contributed by atoms with van der Waals surface area (Å²) in [6.45, 7) is 0.537. The van der Waals surface area contributed by atoms with Crippen LogP contribution in [0.5, 0.6) is 0 Å². The van der Waals surface area contributed by atoms with Gasteiger partial charge in [-0.25, -0.2) is 14.8 Å². The first-order chi connectivity index (χ1) is 14.5. The smallest absolute Gasteiger partial charge is 0.426 e. The van der Waals surface area contributed by atoms with Gasteiger partial charge < -0.3 is 14.5 Å². The van der Waals surface area contributed by atoms with Crippen molar-refractivity contribution in [3.63, 3.8) is 0 Å². The molecule has 2 heterocycles. The van der Waals surface area contributed by atoms with Crippen molar-refractivity contribution in [2.45, 2.75) is 49.7 Å². The van der Waals surface area contributed by atoms with Crippen LogP contribution >= 0.6 is 0 Å². The van der Waals surface area contributed by atoms with Crippen LogP contribution < -0.4 is 0 Å². The molecule has 1 aromatic rings. The van der Waals surface area contributed by atoms with E-state index >= 15 is 0 Å². The second kappa shape index (κ2) is 8.65. The van der Waals surface area contributed by atoms with Gasteiger partial charge in [-0.05, 0) is 25.8 Å². The van der Waals surface area contributed by atoms with Crippen molar-refractivity contribution < 1.29 is 49.4 Å². The number of likely N-dealkylation sites (tertiary alicyclic amines) is 1. The highest BCUT2D eigenvalue weighted by Crippen LogP contribution is 2.37. The maximum Gasteiger partial charge on any atom is 0.434 e. The number of carbonyl (C=O) groups excluding carboxylic acids is 2. The van der Waals surface area contributed by atoms with Gasteiger partial charge >= 0.3 is 30.3 Å². The monoisotopic (exact) mass is 478 g/mol. The molecule has 1 aromatic heterocycles. The fraction of sp³-hybridized carbons (Fsp3) is 0.647. The van der Waals surface area contributed by atoms with Gasteiger partial charge in [0.25, 0.3) is 6.10 Å². The number of rotatable bonds is 4. The van der Waals surface area contributed by atoms with Gasteiger partial charge in [0.2, 0.25) is 5.82 Å². The second-order valence-corrected chi connectivity index (χ2v) is 7.34. The molecule has 0 aromatic carbocycles. The van der Waals surface area contributed by atoms with E-state index < -0.39 is 60.8 Å². The van der Waals surface area contributed by atoms with Gasteiger partial charge in [0.15, 0.2) is 0 Å². The van der Waals surface area contributed by atoms with Crippen LogP contribution in [0, 0.1) is 0 Å². The van der Waals surface area contributed by atoms with Crippen LogP contribution in [-0.4, -0.2) is 75.9 Å². The lowest BCUT2D eigenvalue weighted by molar-refractivity contribution is -0.308. The highest BCUT2D eigenvalue weighted by molar-refractivity contribution is 5.84. The molecule has 0 spiro atoms. The lowest BCUT2D eigenvalue weighted by atomic mass is 9.87. The quantitative estimate of drug-likeness (QED) is 0.620. The Kier molecular flexibility index (Phi) is 6.90. The number of hydrogen-bond acceptors (Lipinski definition) is 5. The molecule has 1 aliphatic heterocycles.